The fourth-order valence-corrected chi connectivity index (χ4v) is 2.11. The van der Waals surface area contributed by atoms with E-state index in [1.165, 1.54) is 40.8 Å². The zero-order chi connectivity index (χ0) is 16.9. The van der Waals surface area contributed by atoms with Gasteiger partial charge >= 0.3 is 6.36 Å². The lowest BCUT2D eigenvalue weighted by Gasteiger charge is -2.10. The Morgan fingerprint density at radius 2 is 2.22 bits per heavy atom. The predicted octanol–water partition coefficient (Wildman–Crippen LogP) is 2.43. The Morgan fingerprint density at radius 3 is 2.91 bits per heavy atom. The van der Waals surface area contributed by atoms with E-state index in [1.54, 1.807) is 6.07 Å². The summed E-state index contributed by atoms with van der Waals surface area (Å²) in [6.45, 7) is 0.0449. The van der Waals surface area contributed by atoms with Crippen LogP contribution in [0.5, 0.6) is 5.75 Å². The molecule has 1 N–H and O–H groups in total. The fraction of sp³-hybridized carbons (Fsp3) is 0.308. The molecule has 0 saturated heterocycles. The van der Waals surface area contributed by atoms with Gasteiger partial charge < -0.3 is 10.1 Å². The van der Waals surface area contributed by atoms with Crippen molar-refractivity contribution in [1.29, 1.82) is 0 Å². The van der Waals surface area contributed by atoms with E-state index < -0.39 is 12.3 Å². The topological polar surface area (TPSA) is 69.0 Å². The second-order valence-electron chi connectivity index (χ2n) is 4.44. The summed E-state index contributed by atoms with van der Waals surface area (Å²) in [5, 5.41) is 10.1. The highest BCUT2D eigenvalue weighted by Gasteiger charge is 2.31. The van der Waals surface area contributed by atoms with Crippen molar-refractivity contribution in [2.45, 2.75) is 18.8 Å². The molecular formula is C13H13F3N4O2S. The summed E-state index contributed by atoms with van der Waals surface area (Å²) >= 11 is 1.52. The van der Waals surface area contributed by atoms with Crippen molar-refractivity contribution in [1.82, 2.24) is 20.3 Å². The number of rotatable bonds is 6. The predicted molar refractivity (Wildman–Crippen MR) is 77.8 cm³/mol. The van der Waals surface area contributed by atoms with Gasteiger partial charge in [-0.3, -0.25) is 4.79 Å². The van der Waals surface area contributed by atoms with Gasteiger partial charge in [-0.1, -0.05) is 17.3 Å². The van der Waals surface area contributed by atoms with Gasteiger partial charge in [-0.05, 0) is 24.0 Å². The van der Waals surface area contributed by atoms with E-state index in [9.17, 15) is 18.0 Å². The molecule has 6 nitrogen and oxygen atoms in total. The molecule has 0 aliphatic heterocycles. The maximum Gasteiger partial charge on any atom is 0.573 e. The number of aromatic nitrogens is 3. The molecule has 1 heterocycles. The third-order valence-corrected chi connectivity index (χ3v) is 3.14. The number of nitrogens with zero attached hydrogens (tertiary/aromatic N) is 3. The van der Waals surface area contributed by atoms with Crippen LogP contribution in [0.25, 0.3) is 0 Å². The summed E-state index contributed by atoms with van der Waals surface area (Å²) in [5.41, 5.74) is 0.610. The van der Waals surface area contributed by atoms with Crippen molar-refractivity contribution >= 4 is 17.7 Å². The number of ether oxygens (including phenoxy) is 1. The zero-order valence-electron chi connectivity index (χ0n) is 12.0. The smallest absolute Gasteiger partial charge is 0.406 e. The summed E-state index contributed by atoms with van der Waals surface area (Å²) in [6.07, 6.45) is -1.37. The van der Waals surface area contributed by atoms with E-state index in [2.05, 4.69) is 20.4 Å². The molecule has 0 saturated carbocycles. The molecule has 0 unspecified atom stereocenters. The van der Waals surface area contributed by atoms with Crippen LogP contribution in [0.15, 0.2) is 30.5 Å². The Kier molecular flexibility index (Phi) is 5.48. The highest BCUT2D eigenvalue weighted by atomic mass is 32.2. The van der Waals surface area contributed by atoms with Crippen LogP contribution < -0.4 is 10.1 Å². The lowest BCUT2D eigenvalue weighted by atomic mass is 10.2. The molecule has 0 spiro atoms. The molecule has 23 heavy (non-hydrogen) atoms. The maximum atomic E-state index is 12.2. The Morgan fingerprint density at radius 1 is 1.43 bits per heavy atom. The van der Waals surface area contributed by atoms with Gasteiger partial charge in [-0.2, -0.15) is 0 Å². The van der Waals surface area contributed by atoms with E-state index in [-0.39, 0.29) is 18.0 Å². The first-order valence-corrected chi connectivity index (χ1v) is 7.79. The minimum absolute atomic E-state index is 0.0449. The van der Waals surface area contributed by atoms with Crippen LogP contribution in [0.2, 0.25) is 0 Å². The molecule has 2 rings (SSSR count). The number of alkyl halides is 3. The number of carbonyl (C=O) groups is 1. The first kappa shape index (κ1) is 17.1. The van der Waals surface area contributed by atoms with E-state index in [4.69, 9.17) is 0 Å². The quantitative estimate of drug-likeness (QED) is 0.870. The average Bonchev–Trinajstić information content (AvgIpc) is 2.92. The molecule has 1 aromatic heterocycles. The lowest BCUT2D eigenvalue weighted by Crippen LogP contribution is -2.23. The maximum absolute atomic E-state index is 12.2. The first-order valence-electron chi connectivity index (χ1n) is 6.39. The van der Waals surface area contributed by atoms with Crippen LogP contribution >= 0.6 is 11.8 Å². The van der Waals surface area contributed by atoms with Crippen molar-refractivity contribution in [2.75, 3.05) is 6.26 Å². The van der Waals surface area contributed by atoms with Gasteiger partial charge in [0.15, 0.2) is 5.69 Å². The second kappa shape index (κ2) is 7.36. The Bertz CT molecular complexity index is 675. The van der Waals surface area contributed by atoms with Gasteiger partial charge in [-0.25, -0.2) is 4.68 Å². The van der Waals surface area contributed by atoms with Crippen LogP contribution in [0.1, 0.15) is 16.1 Å². The van der Waals surface area contributed by atoms with Crippen molar-refractivity contribution in [2.24, 2.45) is 0 Å². The van der Waals surface area contributed by atoms with Crippen LogP contribution in [-0.4, -0.2) is 33.5 Å². The van der Waals surface area contributed by atoms with E-state index >= 15 is 0 Å². The number of amides is 1. The van der Waals surface area contributed by atoms with Crippen LogP contribution in [-0.2, 0) is 12.4 Å². The van der Waals surface area contributed by atoms with Gasteiger partial charge in [0.25, 0.3) is 5.91 Å². The number of thioether (sulfide) groups is 1. The largest absolute Gasteiger partial charge is 0.573 e. The van der Waals surface area contributed by atoms with E-state index in [1.807, 2.05) is 6.26 Å². The SMILES string of the molecule is CSCn1cc(C(=O)NCc2cccc(OC(F)(F)F)c2)nn1. The summed E-state index contributed by atoms with van der Waals surface area (Å²) < 4.78 is 41.8. The fourth-order valence-electron chi connectivity index (χ4n) is 1.72. The van der Waals surface area contributed by atoms with Crippen LogP contribution in [0.3, 0.4) is 0 Å². The zero-order valence-corrected chi connectivity index (χ0v) is 12.8. The third kappa shape index (κ3) is 5.47. The molecule has 2 aromatic rings. The van der Waals surface area contributed by atoms with Gasteiger partial charge in [0.1, 0.15) is 5.75 Å². The summed E-state index contributed by atoms with van der Waals surface area (Å²) in [4.78, 5) is 11.9. The van der Waals surface area contributed by atoms with Gasteiger partial charge in [0, 0.05) is 6.54 Å². The Hall–Kier alpha value is -2.23. The number of halogens is 3. The molecule has 124 valence electrons. The van der Waals surface area contributed by atoms with Gasteiger partial charge in [-0.15, -0.1) is 30.0 Å². The van der Waals surface area contributed by atoms with Gasteiger partial charge in [0.2, 0.25) is 0 Å². The molecular weight excluding hydrogens is 333 g/mol. The Labute approximate surface area is 134 Å². The molecule has 1 aromatic carbocycles. The highest BCUT2D eigenvalue weighted by molar-refractivity contribution is 7.97. The van der Waals surface area contributed by atoms with Crippen LogP contribution in [0.4, 0.5) is 13.2 Å². The van der Waals surface area contributed by atoms with Crippen molar-refractivity contribution in [3.63, 3.8) is 0 Å². The molecule has 10 heteroatoms. The number of carbonyl (C=O) groups excluding carboxylic acids is 1. The van der Waals surface area contributed by atoms with Gasteiger partial charge in [0.05, 0.1) is 12.1 Å². The molecule has 0 radical (unpaired) electrons. The number of hydrogen-bond acceptors (Lipinski definition) is 5. The van der Waals surface area contributed by atoms with Crippen LogP contribution in [0, 0.1) is 0 Å². The summed E-state index contributed by atoms with van der Waals surface area (Å²) in [7, 11) is 0. The summed E-state index contributed by atoms with van der Waals surface area (Å²) in [6, 6.07) is 5.39. The third-order valence-electron chi connectivity index (χ3n) is 2.62. The van der Waals surface area contributed by atoms with E-state index in [0.29, 0.717) is 11.4 Å². The summed E-state index contributed by atoms with van der Waals surface area (Å²) in [5.74, 6) is -0.230. The average molecular weight is 346 g/mol. The molecule has 0 bridgehead atoms. The number of hydrogen-bond donors (Lipinski definition) is 1. The molecule has 0 aliphatic rings. The normalized spacial score (nSPS) is 11.3. The van der Waals surface area contributed by atoms with E-state index in [0.717, 1.165) is 0 Å². The number of nitrogens with one attached hydrogen (secondary N) is 1. The van der Waals surface area contributed by atoms with Crippen molar-refractivity contribution in [3.05, 3.63) is 41.7 Å². The Balaban J connectivity index is 1.94. The standard InChI is InChI=1S/C13H13F3N4O2S/c1-23-8-20-7-11(18-19-20)12(21)17-6-9-3-2-4-10(5-9)22-13(14,15)16/h2-5,7H,6,8H2,1H3,(H,17,21). The van der Waals surface area contributed by atoms with Crippen molar-refractivity contribution < 1.29 is 22.7 Å². The van der Waals surface area contributed by atoms with Crippen molar-refractivity contribution in [3.8, 4) is 5.75 Å². The monoisotopic (exact) mass is 346 g/mol. The lowest BCUT2D eigenvalue weighted by molar-refractivity contribution is -0.274. The highest BCUT2D eigenvalue weighted by Crippen LogP contribution is 2.23. The minimum Gasteiger partial charge on any atom is -0.406 e. The number of benzene rings is 1. The molecule has 1 amide bonds. The minimum atomic E-state index is -4.75. The molecule has 0 fully saturated rings. The second-order valence-corrected chi connectivity index (χ2v) is 5.27. The first-order chi connectivity index (χ1) is 10.9. The molecule has 0 atom stereocenters. The molecule has 0 aliphatic carbocycles.